The zero-order chi connectivity index (χ0) is 28.9. The van der Waals surface area contributed by atoms with Crippen LogP contribution >= 0.6 is 0 Å². The summed E-state index contributed by atoms with van der Waals surface area (Å²) in [6.07, 6.45) is 1.86. The van der Waals surface area contributed by atoms with Gasteiger partial charge in [-0.2, -0.15) is 0 Å². The van der Waals surface area contributed by atoms with Crippen LogP contribution in [0.5, 0.6) is 5.75 Å². The lowest BCUT2D eigenvalue weighted by Gasteiger charge is -2.20. The number of para-hydroxylation sites is 1. The fourth-order valence-electron chi connectivity index (χ4n) is 5.12. The smallest absolute Gasteiger partial charge is 0.253 e. The van der Waals surface area contributed by atoms with E-state index >= 15 is 0 Å². The molecule has 4 rings (SSSR count). The minimum Gasteiger partial charge on any atom is -0.493 e. The summed E-state index contributed by atoms with van der Waals surface area (Å²) in [5.41, 5.74) is 9.19. The number of aryl methyl sites for hydroxylation is 1. The largest absolute Gasteiger partial charge is 0.493 e. The second-order valence-electron chi connectivity index (χ2n) is 12.1. The topological polar surface area (TPSA) is 29.5 Å². The Balaban J connectivity index is 1.49. The molecule has 208 valence electrons. The van der Waals surface area contributed by atoms with Crippen molar-refractivity contribution in [1.82, 2.24) is 4.90 Å². The third kappa shape index (κ3) is 6.83. The third-order valence-corrected chi connectivity index (χ3v) is 7.42. The molecule has 40 heavy (non-hydrogen) atoms. The maximum Gasteiger partial charge on any atom is 0.253 e. The van der Waals surface area contributed by atoms with Gasteiger partial charge < -0.3 is 9.64 Å². The first kappa shape index (κ1) is 29.1. The number of hydrogen-bond donors (Lipinski definition) is 0. The second-order valence-corrected chi connectivity index (χ2v) is 12.1. The predicted molar refractivity (Wildman–Crippen MR) is 168 cm³/mol. The Morgan fingerprint density at radius 3 is 2.17 bits per heavy atom. The summed E-state index contributed by atoms with van der Waals surface area (Å²) in [7, 11) is 3.59. The van der Waals surface area contributed by atoms with Crippen molar-refractivity contribution in [2.24, 2.45) is 0 Å². The molecule has 4 aromatic rings. The van der Waals surface area contributed by atoms with Gasteiger partial charge in [-0.1, -0.05) is 113 Å². The number of rotatable bonds is 9. The molecular weight excluding hydrogens is 490 g/mol. The van der Waals surface area contributed by atoms with Gasteiger partial charge >= 0.3 is 0 Å². The standard InChI is InChI=1S/C37H43NO2/c1-26(2)34-25-29(31-17-8-9-19-33(31)36(39)38(6)7)22-21-27(34)15-13-23-40-35-20-11-10-18-32(35)28-14-12-16-30(24-28)37(3,4)5/h8-12,14,16-22,24-26H,13,15,23H2,1-7H3. The quantitative estimate of drug-likeness (QED) is 0.201. The Kier molecular flexibility index (Phi) is 9.14. The minimum atomic E-state index is 0.0216. The van der Waals surface area contributed by atoms with E-state index in [2.05, 4.69) is 95.3 Å². The van der Waals surface area contributed by atoms with E-state index < -0.39 is 0 Å². The van der Waals surface area contributed by atoms with Crippen LogP contribution in [0.3, 0.4) is 0 Å². The highest BCUT2D eigenvalue weighted by Crippen LogP contribution is 2.34. The van der Waals surface area contributed by atoms with Crippen molar-refractivity contribution in [2.45, 2.75) is 58.8 Å². The Bertz CT molecular complexity index is 1460. The molecular formula is C37H43NO2. The molecule has 4 aromatic carbocycles. The third-order valence-electron chi connectivity index (χ3n) is 7.42. The van der Waals surface area contributed by atoms with Gasteiger partial charge in [-0.3, -0.25) is 4.79 Å². The predicted octanol–water partition coefficient (Wildman–Crippen LogP) is 9.15. The lowest BCUT2D eigenvalue weighted by atomic mass is 9.85. The summed E-state index contributed by atoms with van der Waals surface area (Å²) >= 11 is 0. The first-order chi connectivity index (χ1) is 19.1. The molecule has 0 N–H and O–H groups in total. The van der Waals surface area contributed by atoms with Crippen LogP contribution < -0.4 is 4.74 Å². The molecule has 0 aliphatic heterocycles. The van der Waals surface area contributed by atoms with E-state index in [-0.39, 0.29) is 11.3 Å². The van der Waals surface area contributed by atoms with Crippen molar-refractivity contribution in [3.63, 3.8) is 0 Å². The minimum absolute atomic E-state index is 0.0216. The molecule has 0 atom stereocenters. The number of carbonyl (C=O) groups excluding carboxylic acids is 1. The van der Waals surface area contributed by atoms with Gasteiger partial charge in [0.25, 0.3) is 5.91 Å². The summed E-state index contributed by atoms with van der Waals surface area (Å²) in [5.74, 6) is 1.33. The van der Waals surface area contributed by atoms with Crippen molar-refractivity contribution in [1.29, 1.82) is 0 Å². The molecule has 0 fully saturated rings. The van der Waals surface area contributed by atoms with Crippen molar-refractivity contribution in [3.05, 3.63) is 113 Å². The summed E-state index contributed by atoms with van der Waals surface area (Å²) in [6, 6.07) is 31.6. The first-order valence-electron chi connectivity index (χ1n) is 14.3. The lowest BCUT2D eigenvalue weighted by molar-refractivity contribution is 0.0828. The van der Waals surface area contributed by atoms with E-state index in [1.54, 1.807) is 19.0 Å². The molecule has 3 heteroatoms. The molecule has 0 heterocycles. The van der Waals surface area contributed by atoms with E-state index in [1.165, 1.54) is 22.3 Å². The van der Waals surface area contributed by atoms with Crippen LogP contribution in [-0.4, -0.2) is 31.5 Å². The fourth-order valence-corrected chi connectivity index (χ4v) is 5.12. The first-order valence-corrected chi connectivity index (χ1v) is 14.3. The van der Waals surface area contributed by atoms with Gasteiger partial charge in [-0.15, -0.1) is 0 Å². The van der Waals surface area contributed by atoms with Gasteiger partial charge in [0.15, 0.2) is 0 Å². The Hall–Kier alpha value is -3.85. The zero-order valence-corrected chi connectivity index (χ0v) is 25.1. The zero-order valence-electron chi connectivity index (χ0n) is 25.1. The number of ether oxygens (including phenoxy) is 1. The SMILES string of the molecule is CC(C)c1cc(-c2ccccc2C(=O)N(C)C)ccc1CCCOc1ccccc1-c1cccc(C(C)(C)C)c1. The van der Waals surface area contributed by atoms with E-state index in [0.29, 0.717) is 12.5 Å². The van der Waals surface area contributed by atoms with Crippen molar-refractivity contribution >= 4 is 5.91 Å². The van der Waals surface area contributed by atoms with Crippen LogP contribution in [0, 0.1) is 0 Å². The van der Waals surface area contributed by atoms with Gasteiger partial charge in [0.05, 0.1) is 6.61 Å². The fraction of sp³-hybridized carbons (Fsp3) is 0.324. The molecule has 0 spiro atoms. The monoisotopic (exact) mass is 533 g/mol. The van der Waals surface area contributed by atoms with Crippen LogP contribution in [0.1, 0.15) is 74.0 Å². The number of amides is 1. The molecule has 0 saturated heterocycles. The molecule has 1 amide bonds. The average molecular weight is 534 g/mol. The average Bonchev–Trinajstić information content (AvgIpc) is 2.94. The highest BCUT2D eigenvalue weighted by atomic mass is 16.5. The molecule has 0 aliphatic carbocycles. The number of nitrogens with zero attached hydrogens (tertiary/aromatic N) is 1. The molecule has 0 aliphatic rings. The highest BCUT2D eigenvalue weighted by molar-refractivity contribution is 6.00. The van der Waals surface area contributed by atoms with Gasteiger partial charge in [0, 0.05) is 25.2 Å². The van der Waals surface area contributed by atoms with Crippen LogP contribution in [0.15, 0.2) is 91.0 Å². The van der Waals surface area contributed by atoms with Gasteiger partial charge in [0.1, 0.15) is 5.75 Å². The van der Waals surface area contributed by atoms with Crippen molar-refractivity contribution in [2.75, 3.05) is 20.7 Å². The molecule has 0 saturated carbocycles. The van der Waals surface area contributed by atoms with Crippen LogP contribution in [0.4, 0.5) is 0 Å². The summed E-state index contributed by atoms with van der Waals surface area (Å²) in [4.78, 5) is 14.4. The Labute approximate surface area is 240 Å². The van der Waals surface area contributed by atoms with Crippen LogP contribution in [0.2, 0.25) is 0 Å². The van der Waals surface area contributed by atoms with Gasteiger partial charge in [0.2, 0.25) is 0 Å². The van der Waals surface area contributed by atoms with E-state index in [9.17, 15) is 4.79 Å². The second kappa shape index (κ2) is 12.6. The Morgan fingerprint density at radius 1 is 0.800 bits per heavy atom. The molecule has 0 bridgehead atoms. The summed E-state index contributed by atoms with van der Waals surface area (Å²) in [5, 5.41) is 0. The lowest BCUT2D eigenvalue weighted by Crippen LogP contribution is -2.22. The molecule has 0 aromatic heterocycles. The van der Waals surface area contributed by atoms with Crippen molar-refractivity contribution in [3.8, 4) is 28.0 Å². The van der Waals surface area contributed by atoms with E-state index in [4.69, 9.17) is 4.74 Å². The highest BCUT2D eigenvalue weighted by Gasteiger charge is 2.17. The normalized spacial score (nSPS) is 11.5. The summed E-state index contributed by atoms with van der Waals surface area (Å²) in [6.45, 7) is 11.9. The number of benzene rings is 4. The number of hydrogen-bond acceptors (Lipinski definition) is 2. The van der Waals surface area contributed by atoms with Crippen LogP contribution in [-0.2, 0) is 11.8 Å². The van der Waals surface area contributed by atoms with E-state index in [0.717, 1.165) is 40.8 Å². The van der Waals surface area contributed by atoms with Gasteiger partial charge in [-0.05, 0) is 69.7 Å². The number of carbonyl (C=O) groups is 1. The van der Waals surface area contributed by atoms with E-state index in [1.807, 2.05) is 30.3 Å². The molecule has 0 unspecified atom stereocenters. The Morgan fingerprint density at radius 2 is 1.48 bits per heavy atom. The summed E-state index contributed by atoms with van der Waals surface area (Å²) < 4.78 is 6.35. The molecule has 3 nitrogen and oxygen atoms in total. The van der Waals surface area contributed by atoms with Gasteiger partial charge in [-0.25, -0.2) is 0 Å². The molecule has 0 radical (unpaired) electrons. The van der Waals surface area contributed by atoms with Crippen molar-refractivity contribution < 1.29 is 9.53 Å². The maximum atomic E-state index is 12.8. The maximum absolute atomic E-state index is 12.8. The van der Waals surface area contributed by atoms with Crippen LogP contribution in [0.25, 0.3) is 22.3 Å².